The van der Waals surface area contributed by atoms with E-state index in [-0.39, 0.29) is 37.4 Å². The molecular weight excluding hydrogens is 437 g/mol. The van der Waals surface area contributed by atoms with Crippen LogP contribution >= 0.6 is 0 Å². The fraction of sp³-hybridized carbons (Fsp3) is 0.192. The third kappa shape index (κ3) is 5.12. The fourth-order valence-corrected chi connectivity index (χ4v) is 3.86. The third-order valence-electron chi connectivity index (χ3n) is 5.68. The van der Waals surface area contributed by atoms with E-state index in [0.717, 1.165) is 11.1 Å². The monoisotopic (exact) mass is 459 g/mol. The SMILES string of the molecule is N#Cc1ccc(C(=O)Nc2ccc(C3OCC(=O)N(Cc4ccc(F)cc4)C3CO)cc2)cc1. The maximum Gasteiger partial charge on any atom is 0.255 e. The minimum absolute atomic E-state index is 0.139. The van der Waals surface area contributed by atoms with E-state index in [9.17, 15) is 19.1 Å². The summed E-state index contributed by atoms with van der Waals surface area (Å²) < 4.78 is 19.0. The number of hydrogen-bond donors (Lipinski definition) is 2. The van der Waals surface area contributed by atoms with Crippen molar-refractivity contribution in [3.05, 3.63) is 101 Å². The highest BCUT2D eigenvalue weighted by Gasteiger charge is 2.37. The van der Waals surface area contributed by atoms with Crippen molar-refractivity contribution in [3.63, 3.8) is 0 Å². The smallest absolute Gasteiger partial charge is 0.255 e. The predicted molar refractivity (Wildman–Crippen MR) is 122 cm³/mol. The summed E-state index contributed by atoms with van der Waals surface area (Å²) in [7, 11) is 0. The second kappa shape index (κ2) is 10.3. The maximum absolute atomic E-state index is 13.2. The number of nitrogens with one attached hydrogen (secondary N) is 1. The molecule has 4 rings (SSSR count). The molecule has 2 atom stereocenters. The van der Waals surface area contributed by atoms with Crippen LogP contribution in [0, 0.1) is 17.1 Å². The number of aliphatic hydroxyl groups is 1. The molecule has 34 heavy (non-hydrogen) atoms. The molecule has 1 fully saturated rings. The molecule has 1 aliphatic rings. The molecule has 2 amide bonds. The summed E-state index contributed by atoms with van der Waals surface area (Å²) in [5, 5.41) is 21.7. The lowest BCUT2D eigenvalue weighted by molar-refractivity contribution is -0.162. The number of aliphatic hydroxyl groups excluding tert-OH is 1. The van der Waals surface area contributed by atoms with Crippen molar-refractivity contribution in [1.29, 1.82) is 5.26 Å². The molecule has 2 N–H and O–H groups in total. The van der Waals surface area contributed by atoms with E-state index in [1.54, 1.807) is 65.6 Å². The fourth-order valence-electron chi connectivity index (χ4n) is 3.86. The van der Waals surface area contributed by atoms with Crippen molar-refractivity contribution < 1.29 is 23.8 Å². The number of anilines is 1. The summed E-state index contributed by atoms with van der Waals surface area (Å²) in [5.41, 5.74) is 2.95. The minimum Gasteiger partial charge on any atom is -0.394 e. The van der Waals surface area contributed by atoms with Crippen molar-refractivity contribution in [1.82, 2.24) is 4.90 Å². The van der Waals surface area contributed by atoms with Gasteiger partial charge >= 0.3 is 0 Å². The van der Waals surface area contributed by atoms with Gasteiger partial charge in [0.25, 0.3) is 5.91 Å². The topological polar surface area (TPSA) is 103 Å². The molecule has 8 heteroatoms. The molecular formula is C26H22FN3O4. The maximum atomic E-state index is 13.2. The molecule has 1 heterocycles. The van der Waals surface area contributed by atoms with Crippen LogP contribution in [0.5, 0.6) is 0 Å². The number of carbonyl (C=O) groups excluding carboxylic acids is 2. The van der Waals surface area contributed by atoms with Crippen LogP contribution < -0.4 is 5.32 Å². The Hall–Kier alpha value is -4.06. The number of halogens is 1. The number of morpholine rings is 1. The first-order valence-corrected chi connectivity index (χ1v) is 10.7. The number of carbonyl (C=O) groups is 2. The molecule has 0 radical (unpaired) electrons. The second-order valence-electron chi connectivity index (χ2n) is 7.89. The van der Waals surface area contributed by atoms with E-state index >= 15 is 0 Å². The lowest BCUT2D eigenvalue weighted by Gasteiger charge is -2.40. The number of nitriles is 1. The van der Waals surface area contributed by atoms with E-state index < -0.39 is 12.1 Å². The van der Waals surface area contributed by atoms with E-state index in [4.69, 9.17) is 10.00 Å². The van der Waals surface area contributed by atoms with Gasteiger partial charge in [0.05, 0.1) is 24.3 Å². The predicted octanol–water partition coefficient (Wildman–Crippen LogP) is 3.41. The summed E-state index contributed by atoms with van der Waals surface area (Å²) >= 11 is 0. The molecule has 0 bridgehead atoms. The number of hydrogen-bond acceptors (Lipinski definition) is 5. The zero-order valence-electron chi connectivity index (χ0n) is 18.1. The Bertz CT molecular complexity index is 1200. The van der Waals surface area contributed by atoms with Crippen LogP contribution in [0.1, 0.15) is 33.2 Å². The minimum atomic E-state index is -0.620. The summed E-state index contributed by atoms with van der Waals surface area (Å²) in [5.74, 6) is -0.929. The van der Waals surface area contributed by atoms with Gasteiger partial charge in [-0.1, -0.05) is 24.3 Å². The van der Waals surface area contributed by atoms with E-state index in [0.29, 0.717) is 16.8 Å². The zero-order valence-corrected chi connectivity index (χ0v) is 18.1. The van der Waals surface area contributed by atoms with Gasteiger partial charge in [0, 0.05) is 17.8 Å². The molecule has 0 saturated carbocycles. The molecule has 0 aliphatic carbocycles. The van der Waals surface area contributed by atoms with Crippen LogP contribution in [0.3, 0.4) is 0 Å². The highest BCUT2D eigenvalue weighted by molar-refractivity contribution is 6.04. The summed E-state index contributed by atoms with van der Waals surface area (Å²) in [6, 6.07) is 20.5. The first-order valence-electron chi connectivity index (χ1n) is 10.7. The Morgan fingerprint density at radius 1 is 1.09 bits per heavy atom. The molecule has 1 saturated heterocycles. The van der Waals surface area contributed by atoms with E-state index in [1.807, 2.05) is 6.07 Å². The lowest BCUT2D eigenvalue weighted by atomic mass is 9.98. The number of nitrogens with zero attached hydrogens (tertiary/aromatic N) is 2. The first kappa shape index (κ1) is 23.1. The first-order chi connectivity index (χ1) is 16.5. The molecule has 3 aromatic carbocycles. The van der Waals surface area contributed by atoms with Crippen LogP contribution in [0.4, 0.5) is 10.1 Å². The highest BCUT2D eigenvalue weighted by atomic mass is 19.1. The summed E-state index contributed by atoms with van der Waals surface area (Å²) in [6.07, 6.45) is -0.563. The molecule has 2 unspecified atom stereocenters. The lowest BCUT2D eigenvalue weighted by Crippen LogP contribution is -2.52. The van der Waals surface area contributed by atoms with Crippen molar-refractivity contribution in [2.45, 2.75) is 18.7 Å². The van der Waals surface area contributed by atoms with Crippen molar-refractivity contribution in [3.8, 4) is 6.07 Å². The van der Waals surface area contributed by atoms with Gasteiger partial charge in [0.1, 0.15) is 18.5 Å². The van der Waals surface area contributed by atoms with Crippen molar-refractivity contribution >= 4 is 17.5 Å². The average molecular weight is 459 g/mol. The third-order valence-corrected chi connectivity index (χ3v) is 5.68. The Morgan fingerprint density at radius 3 is 2.38 bits per heavy atom. The van der Waals surface area contributed by atoms with Gasteiger partial charge in [-0.15, -0.1) is 0 Å². The van der Waals surface area contributed by atoms with Crippen LogP contribution in [-0.2, 0) is 16.1 Å². The van der Waals surface area contributed by atoms with E-state index in [1.165, 1.54) is 12.1 Å². The number of benzene rings is 3. The van der Waals surface area contributed by atoms with Gasteiger partial charge < -0.3 is 20.1 Å². The van der Waals surface area contributed by atoms with Crippen LogP contribution in [0.15, 0.2) is 72.8 Å². The normalized spacial score (nSPS) is 17.8. The molecule has 7 nitrogen and oxygen atoms in total. The van der Waals surface area contributed by atoms with Crippen molar-refractivity contribution in [2.24, 2.45) is 0 Å². The van der Waals surface area contributed by atoms with Gasteiger partial charge in [-0.3, -0.25) is 9.59 Å². The second-order valence-corrected chi connectivity index (χ2v) is 7.89. The van der Waals surface area contributed by atoms with Gasteiger partial charge in [0.2, 0.25) is 5.91 Å². The molecule has 1 aliphatic heterocycles. The highest BCUT2D eigenvalue weighted by Crippen LogP contribution is 2.31. The molecule has 172 valence electrons. The Labute approximate surface area is 196 Å². The van der Waals surface area contributed by atoms with Gasteiger partial charge in [-0.05, 0) is 59.7 Å². The molecule has 0 aromatic heterocycles. The zero-order chi connectivity index (χ0) is 24.1. The summed E-state index contributed by atoms with van der Waals surface area (Å²) in [4.78, 5) is 26.5. The van der Waals surface area contributed by atoms with E-state index in [2.05, 4.69) is 5.32 Å². The number of amides is 2. The van der Waals surface area contributed by atoms with Crippen LogP contribution in [0.2, 0.25) is 0 Å². The molecule has 0 spiro atoms. The molecule has 3 aromatic rings. The largest absolute Gasteiger partial charge is 0.394 e. The van der Waals surface area contributed by atoms with Crippen molar-refractivity contribution in [2.75, 3.05) is 18.5 Å². The number of rotatable bonds is 6. The Balaban J connectivity index is 1.47. The van der Waals surface area contributed by atoms with Gasteiger partial charge in [-0.2, -0.15) is 5.26 Å². The van der Waals surface area contributed by atoms with Gasteiger partial charge in [-0.25, -0.2) is 4.39 Å². The van der Waals surface area contributed by atoms with Crippen LogP contribution in [-0.4, -0.2) is 41.1 Å². The average Bonchev–Trinajstić information content (AvgIpc) is 2.87. The Kier molecular flexibility index (Phi) is 6.97. The van der Waals surface area contributed by atoms with Crippen LogP contribution in [0.25, 0.3) is 0 Å². The number of ether oxygens (including phenoxy) is 1. The summed E-state index contributed by atoms with van der Waals surface area (Å²) in [6.45, 7) is -0.225. The van der Waals surface area contributed by atoms with Gasteiger partial charge in [0.15, 0.2) is 0 Å². The standard InChI is InChI=1S/C26H22FN3O4/c27-21-9-3-18(4-10-21)14-30-23(15-31)25(34-16-24(30)32)19-7-11-22(12-8-19)29-26(33)20-5-1-17(13-28)2-6-20/h1-12,23,25,31H,14-16H2,(H,29,33). The quantitative estimate of drug-likeness (QED) is 0.588. The Morgan fingerprint density at radius 2 is 1.76 bits per heavy atom.